The molecule has 1 aromatic carbocycles. The molecule has 18 heavy (non-hydrogen) atoms. The highest BCUT2D eigenvalue weighted by Crippen LogP contribution is 2.31. The van der Waals surface area contributed by atoms with Gasteiger partial charge in [0.05, 0.1) is 5.60 Å². The van der Waals surface area contributed by atoms with Crippen LogP contribution in [0.2, 0.25) is 0 Å². The van der Waals surface area contributed by atoms with Gasteiger partial charge in [-0.05, 0) is 38.7 Å². The van der Waals surface area contributed by atoms with Crippen LogP contribution in [0.25, 0.3) is 0 Å². The molecule has 0 spiro atoms. The highest BCUT2D eigenvalue weighted by Gasteiger charge is 2.35. The van der Waals surface area contributed by atoms with Crippen LogP contribution in [-0.2, 0) is 5.60 Å². The largest absolute Gasteiger partial charge is 0.384 e. The first-order valence-electron chi connectivity index (χ1n) is 7.08. The van der Waals surface area contributed by atoms with E-state index in [9.17, 15) is 5.11 Å². The maximum absolute atomic E-state index is 10.7. The summed E-state index contributed by atoms with van der Waals surface area (Å²) in [4.78, 5) is 2.48. The van der Waals surface area contributed by atoms with Crippen molar-refractivity contribution in [3.05, 3.63) is 35.9 Å². The molecule has 1 N–H and O–H groups in total. The zero-order valence-corrected chi connectivity index (χ0v) is 11.8. The second-order valence-electron chi connectivity index (χ2n) is 5.80. The molecule has 1 aliphatic rings. The Morgan fingerprint density at radius 3 is 2.56 bits per heavy atom. The van der Waals surface area contributed by atoms with Gasteiger partial charge in [0.1, 0.15) is 0 Å². The molecule has 1 aromatic rings. The Kier molecular flexibility index (Phi) is 4.08. The predicted octanol–water partition coefficient (Wildman–Crippen LogP) is 3.16. The summed E-state index contributed by atoms with van der Waals surface area (Å²) in [5.74, 6) is 0. The van der Waals surface area contributed by atoms with Crippen LogP contribution in [-0.4, -0.2) is 28.6 Å². The standard InChI is InChI=1S/C16H25NO/c1-4-15-11-10-13(2)17(15)12-16(3,18)14-8-6-5-7-9-14/h5-9,13,15,18H,4,10-12H2,1-3H3. The average Bonchev–Trinajstić information content (AvgIpc) is 2.71. The van der Waals surface area contributed by atoms with Gasteiger partial charge in [0.15, 0.2) is 0 Å². The van der Waals surface area contributed by atoms with Crippen LogP contribution in [0.5, 0.6) is 0 Å². The number of benzene rings is 1. The van der Waals surface area contributed by atoms with Crippen molar-refractivity contribution < 1.29 is 5.11 Å². The zero-order valence-electron chi connectivity index (χ0n) is 11.8. The molecule has 1 aliphatic heterocycles. The Bertz CT molecular complexity index is 374. The number of rotatable bonds is 4. The fourth-order valence-electron chi connectivity index (χ4n) is 3.09. The molecule has 3 atom stereocenters. The number of hydrogen-bond donors (Lipinski definition) is 1. The molecular formula is C16H25NO. The normalized spacial score (nSPS) is 28.2. The average molecular weight is 247 g/mol. The van der Waals surface area contributed by atoms with Crippen molar-refractivity contribution in [2.45, 2.75) is 57.7 Å². The monoisotopic (exact) mass is 247 g/mol. The van der Waals surface area contributed by atoms with Crippen LogP contribution in [0.4, 0.5) is 0 Å². The van der Waals surface area contributed by atoms with E-state index in [1.54, 1.807) is 0 Å². The van der Waals surface area contributed by atoms with Crippen LogP contribution in [0.1, 0.15) is 45.6 Å². The summed E-state index contributed by atoms with van der Waals surface area (Å²) in [7, 11) is 0. The maximum Gasteiger partial charge on any atom is 0.0995 e. The molecule has 0 amide bonds. The third-order valence-corrected chi connectivity index (χ3v) is 4.31. The van der Waals surface area contributed by atoms with Crippen molar-refractivity contribution in [1.82, 2.24) is 4.90 Å². The molecule has 2 heteroatoms. The van der Waals surface area contributed by atoms with E-state index < -0.39 is 5.60 Å². The lowest BCUT2D eigenvalue weighted by Gasteiger charge is -2.35. The Morgan fingerprint density at radius 1 is 1.28 bits per heavy atom. The van der Waals surface area contributed by atoms with Gasteiger partial charge in [0.2, 0.25) is 0 Å². The van der Waals surface area contributed by atoms with E-state index in [4.69, 9.17) is 0 Å². The first-order chi connectivity index (χ1) is 8.54. The third kappa shape index (κ3) is 2.76. The van der Waals surface area contributed by atoms with Gasteiger partial charge in [0, 0.05) is 18.6 Å². The quantitative estimate of drug-likeness (QED) is 0.883. The molecule has 3 unspecified atom stereocenters. The van der Waals surface area contributed by atoms with E-state index in [0.717, 1.165) is 12.1 Å². The van der Waals surface area contributed by atoms with Gasteiger partial charge >= 0.3 is 0 Å². The van der Waals surface area contributed by atoms with Crippen molar-refractivity contribution in [3.63, 3.8) is 0 Å². The molecule has 1 fully saturated rings. The summed E-state index contributed by atoms with van der Waals surface area (Å²) < 4.78 is 0. The van der Waals surface area contributed by atoms with Crippen molar-refractivity contribution in [2.24, 2.45) is 0 Å². The Balaban J connectivity index is 2.12. The Labute approximate surface area is 111 Å². The first-order valence-corrected chi connectivity index (χ1v) is 7.08. The summed E-state index contributed by atoms with van der Waals surface area (Å²) in [6.45, 7) is 7.18. The summed E-state index contributed by atoms with van der Waals surface area (Å²) in [5.41, 5.74) is 0.256. The van der Waals surface area contributed by atoms with Crippen molar-refractivity contribution >= 4 is 0 Å². The molecule has 0 bridgehead atoms. The molecule has 0 saturated carbocycles. The van der Waals surface area contributed by atoms with Gasteiger partial charge < -0.3 is 5.11 Å². The van der Waals surface area contributed by atoms with Gasteiger partial charge in [-0.2, -0.15) is 0 Å². The Hall–Kier alpha value is -0.860. The van der Waals surface area contributed by atoms with Crippen molar-refractivity contribution in [1.29, 1.82) is 0 Å². The van der Waals surface area contributed by atoms with E-state index in [0.29, 0.717) is 12.1 Å². The van der Waals surface area contributed by atoms with Crippen LogP contribution in [0.3, 0.4) is 0 Å². The molecule has 2 nitrogen and oxygen atoms in total. The second-order valence-corrected chi connectivity index (χ2v) is 5.80. The van der Waals surface area contributed by atoms with Crippen molar-refractivity contribution in [3.8, 4) is 0 Å². The minimum Gasteiger partial charge on any atom is -0.384 e. The third-order valence-electron chi connectivity index (χ3n) is 4.31. The highest BCUT2D eigenvalue weighted by atomic mass is 16.3. The molecule has 0 aromatic heterocycles. The minimum atomic E-state index is -0.757. The minimum absolute atomic E-state index is 0.588. The van der Waals surface area contributed by atoms with E-state index in [-0.39, 0.29) is 0 Å². The van der Waals surface area contributed by atoms with E-state index in [1.165, 1.54) is 19.3 Å². The zero-order chi connectivity index (χ0) is 13.2. The van der Waals surface area contributed by atoms with Crippen LogP contribution in [0, 0.1) is 0 Å². The lowest BCUT2D eigenvalue weighted by molar-refractivity contribution is 0.00104. The molecule has 100 valence electrons. The fourth-order valence-corrected chi connectivity index (χ4v) is 3.09. The van der Waals surface area contributed by atoms with Crippen LogP contribution >= 0.6 is 0 Å². The van der Waals surface area contributed by atoms with Crippen molar-refractivity contribution in [2.75, 3.05) is 6.54 Å². The molecule has 2 rings (SSSR count). The van der Waals surface area contributed by atoms with Gasteiger partial charge in [-0.25, -0.2) is 0 Å². The first kappa shape index (κ1) is 13.6. The topological polar surface area (TPSA) is 23.5 Å². The summed E-state index contributed by atoms with van der Waals surface area (Å²) in [6, 6.07) is 11.2. The number of likely N-dealkylation sites (tertiary alicyclic amines) is 1. The summed E-state index contributed by atoms with van der Waals surface area (Å²) in [5, 5.41) is 10.7. The van der Waals surface area contributed by atoms with Gasteiger partial charge in [0.25, 0.3) is 0 Å². The van der Waals surface area contributed by atoms with E-state index in [2.05, 4.69) is 18.7 Å². The summed E-state index contributed by atoms with van der Waals surface area (Å²) in [6.07, 6.45) is 3.70. The lowest BCUT2D eigenvalue weighted by atomic mass is 9.94. The van der Waals surface area contributed by atoms with Gasteiger partial charge in [-0.1, -0.05) is 37.3 Å². The maximum atomic E-state index is 10.7. The number of hydrogen-bond acceptors (Lipinski definition) is 2. The predicted molar refractivity (Wildman–Crippen MR) is 75.5 cm³/mol. The molecule has 1 saturated heterocycles. The fraction of sp³-hybridized carbons (Fsp3) is 0.625. The van der Waals surface area contributed by atoms with Crippen LogP contribution < -0.4 is 0 Å². The lowest BCUT2D eigenvalue weighted by Crippen LogP contribution is -2.44. The van der Waals surface area contributed by atoms with Crippen LogP contribution in [0.15, 0.2) is 30.3 Å². The number of aliphatic hydroxyl groups is 1. The van der Waals surface area contributed by atoms with E-state index in [1.807, 2.05) is 37.3 Å². The molecule has 0 radical (unpaired) electrons. The number of β-amino-alcohol motifs (C(OH)–C–C–N with tert-alkyl or cyclic N) is 1. The molecule has 1 heterocycles. The van der Waals surface area contributed by atoms with Gasteiger partial charge in [-0.3, -0.25) is 4.90 Å². The second kappa shape index (κ2) is 5.41. The highest BCUT2D eigenvalue weighted by molar-refractivity contribution is 5.22. The molecule has 0 aliphatic carbocycles. The van der Waals surface area contributed by atoms with E-state index >= 15 is 0 Å². The molecular weight excluding hydrogens is 222 g/mol. The number of nitrogens with zero attached hydrogens (tertiary/aromatic N) is 1. The van der Waals surface area contributed by atoms with Gasteiger partial charge in [-0.15, -0.1) is 0 Å². The smallest absolute Gasteiger partial charge is 0.0995 e. The SMILES string of the molecule is CCC1CCC(C)N1CC(C)(O)c1ccccc1. The summed E-state index contributed by atoms with van der Waals surface area (Å²) >= 11 is 0. The Morgan fingerprint density at radius 2 is 1.94 bits per heavy atom.